The van der Waals surface area contributed by atoms with Gasteiger partial charge in [0.25, 0.3) is 0 Å². The minimum atomic E-state index is -0.510. The van der Waals surface area contributed by atoms with Gasteiger partial charge in [-0.05, 0) is 68.5 Å². The number of carbonyl (C=O) groups excluding carboxylic acids is 2. The van der Waals surface area contributed by atoms with Crippen molar-refractivity contribution in [3.63, 3.8) is 0 Å². The smallest absolute Gasteiger partial charge is 0.309 e. The van der Waals surface area contributed by atoms with Crippen molar-refractivity contribution in [3.8, 4) is 0 Å². The molecular formula is C27H50N2O4. The third-order valence-corrected chi connectivity index (χ3v) is 7.92. The Morgan fingerprint density at radius 3 is 1.39 bits per heavy atom. The Morgan fingerprint density at radius 2 is 1.06 bits per heavy atom. The van der Waals surface area contributed by atoms with E-state index < -0.39 is 5.92 Å². The van der Waals surface area contributed by atoms with Crippen molar-refractivity contribution in [2.24, 2.45) is 5.92 Å². The van der Waals surface area contributed by atoms with Crippen LogP contribution in [0.5, 0.6) is 0 Å². The third-order valence-electron chi connectivity index (χ3n) is 7.92. The zero-order valence-corrected chi connectivity index (χ0v) is 23.2. The first-order chi connectivity index (χ1) is 14.9. The highest BCUT2D eigenvalue weighted by Gasteiger charge is 2.47. The standard InChI is InChI=1S/C27H50N2O4/c1-12-28-24(4,5)15-20(16-25(28,6)7)32-22(30)14-19(3)23(31)33-21-17-26(8,9)29(13-2)27(10,11)18-21/h19-21H,12-18H2,1-11H3. The second-order valence-electron chi connectivity index (χ2n) is 12.8. The van der Waals surface area contributed by atoms with Gasteiger partial charge < -0.3 is 9.47 Å². The molecule has 0 aromatic rings. The van der Waals surface area contributed by atoms with E-state index in [2.05, 4.69) is 79.0 Å². The first-order valence-electron chi connectivity index (χ1n) is 12.9. The molecule has 2 heterocycles. The van der Waals surface area contributed by atoms with E-state index in [1.165, 1.54) is 0 Å². The fraction of sp³-hybridized carbons (Fsp3) is 0.926. The molecule has 1 unspecified atom stereocenters. The zero-order chi connectivity index (χ0) is 25.4. The normalized spacial score (nSPS) is 26.5. The minimum Gasteiger partial charge on any atom is -0.462 e. The zero-order valence-electron chi connectivity index (χ0n) is 23.2. The van der Waals surface area contributed by atoms with Gasteiger partial charge in [0.15, 0.2) is 0 Å². The van der Waals surface area contributed by atoms with Gasteiger partial charge in [-0.15, -0.1) is 0 Å². The first kappa shape index (κ1) is 28.1. The Hall–Kier alpha value is -1.14. The molecule has 2 fully saturated rings. The van der Waals surface area contributed by atoms with E-state index in [0.717, 1.165) is 38.8 Å². The highest BCUT2D eigenvalue weighted by molar-refractivity contribution is 5.79. The predicted octanol–water partition coefficient (Wildman–Crippen LogP) is 5.18. The Balaban J connectivity index is 1.93. The Morgan fingerprint density at radius 1 is 0.727 bits per heavy atom. The lowest BCUT2D eigenvalue weighted by Gasteiger charge is -2.54. The van der Waals surface area contributed by atoms with Crippen LogP contribution in [0.25, 0.3) is 0 Å². The molecule has 2 aliphatic heterocycles. The van der Waals surface area contributed by atoms with Gasteiger partial charge in [-0.3, -0.25) is 19.4 Å². The van der Waals surface area contributed by atoms with Gasteiger partial charge in [-0.1, -0.05) is 20.8 Å². The Kier molecular flexibility index (Phi) is 8.39. The van der Waals surface area contributed by atoms with Gasteiger partial charge in [-0.25, -0.2) is 0 Å². The molecule has 0 amide bonds. The largest absolute Gasteiger partial charge is 0.462 e. The second-order valence-corrected chi connectivity index (χ2v) is 12.8. The highest BCUT2D eigenvalue weighted by Crippen LogP contribution is 2.40. The van der Waals surface area contributed by atoms with E-state index in [4.69, 9.17) is 9.47 Å². The van der Waals surface area contributed by atoms with E-state index in [0.29, 0.717) is 0 Å². The van der Waals surface area contributed by atoms with Crippen LogP contribution in [0, 0.1) is 5.92 Å². The van der Waals surface area contributed by atoms with E-state index in [-0.39, 0.29) is 52.7 Å². The molecule has 2 rings (SSSR count). The lowest BCUT2D eigenvalue weighted by molar-refractivity contribution is -0.171. The minimum absolute atomic E-state index is 0.0427. The monoisotopic (exact) mass is 466 g/mol. The summed E-state index contributed by atoms with van der Waals surface area (Å²) in [4.78, 5) is 30.5. The summed E-state index contributed by atoms with van der Waals surface area (Å²) < 4.78 is 11.8. The SMILES string of the molecule is CCN1C(C)(C)CC(OC(=O)CC(C)C(=O)OC2CC(C)(C)N(CC)C(C)(C)C2)CC1(C)C. The van der Waals surface area contributed by atoms with E-state index in [1.54, 1.807) is 6.92 Å². The van der Waals surface area contributed by atoms with Gasteiger partial charge in [0.2, 0.25) is 0 Å². The summed E-state index contributed by atoms with van der Waals surface area (Å²) in [5.41, 5.74) is -0.176. The maximum atomic E-state index is 12.8. The molecule has 2 aliphatic rings. The number of hydrogen-bond donors (Lipinski definition) is 0. The molecule has 0 N–H and O–H groups in total. The molecule has 6 heteroatoms. The number of esters is 2. The molecule has 0 aliphatic carbocycles. The van der Waals surface area contributed by atoms with Crippen LogP contribution in [-0.4, -0.2) is 69.2 Å². The molecule has 33 heavy (non-hydrogen) atoms. The van der Waals surface area contributed by atoms with Crippen LogP contribution < -0.4 is 0 Å². The molecular weight excluding hydrogens is 416 g/mol. The molecule has 0 bridgehead atoms. The molecule has 0 aromatic carbocycles. The van der Waals surface area contributed by atoms with E-state index in [1.807, 2.05) is 0 Å². The predicted molar refractivity (Wildman–Crippen MR) is 133 cm³/mol. The van der Waals surface area contributed by atoms with Gasteiger partial charge >= 0.3 is 11.9 Å². The van der Waals surface area contributed by atoms with Crippen LogP contribution in [0.1, 0.15) is 108 Å². The Labute approximate surface area is 202 Å². The third kappa shape index (κ3) is 6.50. The van der Waals surface area contributed by atoms with Crippen LogP contribution in [0.15, 0.2) is 0 Å². The quantitative estimate of drug-likeness (QED) is 0.482. The number of carbonyl (C=O) groups is 2. The van der Waals surface area contributed by atoms with Crippen molar-refractivity contribution in [1.29, 1.82) is 0 Å². The fourth-order valence-corrected chi connectivity index (χ4v) is 7.18. The molecule has 0 saturated carbocycles. The van der Waals surface area contributed by atoms with Crippen LogP contribution >= 0.6 is 0 Å². The number of nitrogens with zero attached hydrogens (tertiary/aromatic N) is 2. The summed E-state index contributed by atoms with van der Waals surface area (Å²) in [5.74, 6) is -1.11. The summed E-state index contributed by atoms with van der Waals surface area (Å²) in [7, 11) is 0. The van der Waals surface area contributed by atoms with Crippen molar-refractivity contribution in [1.82, 2.24) is 9.80 Å². The molecule has 0 aromatic heterocycles. The molecule has 1 atom stereocenters. The van der Waals surface area contributed by atoms with Crippen LogP contribution in [0.4, 0.5) is 0 Å². The first-order valence-corrected chi connectivity index (χ1v) is 12.9. The number of likely N-dealkylation sites (tertiary alicyclic amines) is 2. The van der Waals surface area contributed by atoms with E-state index in [9.17, 15) is 9.59 Å². The summed E-state index contributed by atoms with van der Waals surface area (Å²) in [6.07, 6.45) is 3.00. The van der Waals surface area contributed by atoms with Crippen molar-refractivity contribution in [3.05, 3.63) is 0 Å². The van der Waals surface area contributed by atoms with Crippen LogP contribution in [0.2, 0.25) is 0 Å². The number of rotatable bonds is 7. The molecule has 2 saturated heterocycles. The highest BCUT2D eigenvalue weighted by atomic mass is 16.6. The number of piperidine rings is 2. The maximum Gasteiger partial charge on any atom is 0.309 e. The average Bonchev–Trinajstić information content (AvgIpc) is 2.57. The fourth-order valence-electron chi connectivity index (χ4n) is 7.18. The van der Waals surface area contributed by atoms with Crippen molar-refractivity contribution >= 4 is 11.9 Å². The average molecular weight is 467 g/mol. The van der Waals surface area contributed by atoms with Crippen molar-refractivity contribution < 1.29 is 19.1 Å². The second kappa shape index (κ2) is 9.85. The lowest BCUT2D eigenvalue weighted by Crippen LogP contribution is -2.62. The molecule has 0 spiro atoms. The van der Waals surface area contributed by atoms with Crippen LogP contribution in [-0.2, 0) is 19.1 Å². The summed E-state index contributed by atoms with van der Waals surface area (Å²) in [5, 5.41) is 0. The lowest BCUT2D eigenvalue weighted by atomic mass is 9.78. The van der Waals surface area contributed by atoms with Gasteiger partial charge in [0.05, 0.1) is 12.3 Å². The number of ether oxygens (including phenoxy) is 2. The number of hydrogen-bond acceptors (Lipinski definition) is 6. The topological polar surface area (TPSA) is 59.1 Å². The van der Waals surface area contributed by atoms with E-state index >= 15 is 0 Å². The Bertz CT molecular complexity index is 677. The summed E-state index contributed by atoms with van der Waals surface area (Å²) in [6, 6.07) is 0. The molecule has 192 valence electrons. The van der Waals surface area contributed by atoms with Crippen molar-refractivity contribution in [2.45, 2.75) is 143 Å². The maximum absolute atomic E-state index is 12.8. The summed E-state index contributed by atoms with van der Waals surface area (Å²) in [6.45, 7) is 25.8. The molecule has 6 nitrogen and oxygen atoms in total. The van der Waals surface area contributed by atoms with Gasteiger partial charge in [-0.2, -0.15) is 0 Å². The molecule has 0 radical (unpaired) electrons. The van der Waals surface area contributed by atoms with Crippen LogP contribution in [0.3, 0.4) is 0 Å². The van der Waals surface area contributed by atoms with Gasteiger partial charge in [0, 0.05) is 47.8 Å². The van der Waals surface area contributed by atoms with Crippen molar-refractivity contribution in [2.75, 3.05) is 13.1 Å². The summed E-state index contributed by atoms with van der Waals surface area (Å²) >= 11 is 0. The van der Waals surface area contributed by atoms with Gasteiger partial charge in [0.1, 0.15) is 12.2 Å².